The predicted octanol–water partition coefficient (Wildman–Crippen LogP) is 2.06. The first-order valence-corrected chi connectivity index (χ1v) is 8.06. The van der Waals surface area contributed by atoms with Crippen LogP contribution in [-0.2, 0) is 17.9 Å². The molecule has 130 valence electrons. The summed E-state index contributed by atoms with van der Waals surface area (Å²) in [6.07, 6.45) is 1.05. The van der Waals surface area contributed by atoms with Crippen molar-refractivity contribution in [3.05, 3.63) is 47.9 Å². The number of rotatable bonds is 8. The van der Waals surface area contributed by atoms with Gasteiger partial charge in [0.25, 0.3) is 0 Å². The topological polar surface area (TPSA) is 64.3 Å². The minimum atomic E-state index is -0.554. The Kier molecular flexibility index (Phi) is 5.74. The summed E-state index contributed by atoms with van der Waals surface area (Å²) in [5.41, 5.74) is 1.12. The molecule has 0 saturated heterocycles. The van der Waals surface area contributed by atoms with Crippen molar-refractivity contribution in [3.63, 3.8) is 0 Å². The lowest BCUT2D eigenvalue weighted by atomic mass is 10.2. The highest BCUT2D eigenvalue weighted by Gasteiger charge is 2.14. The normalized spacial score (nSPS) is 14.8. The van der Waals surface area contributed by atoms with Crippen molar-refractivity contribution >= 4 is 0 Å². The Morgan fingerprint density at radius 1 is 1.21 bits per heavy atom. The van der Waals surface area contributed by atoms with Gasteiger partial charge in [0.1, 0.15) is 25.6 Å². The van der Waals surface area contributed by atoms with Gasteiger partial charge in [-0.3, -0.25) is 4.90 Å². The number of fused-ring (bicyclic) bond motifs is 1. The zero-order chi connectivity index (χ0) is 16.8. The van der Waals surface area contributed by atoms with Crippen molar-refractivity contribution in [3.8, 4) is 11.5 Å². The van der Waals surface area contributed by atoms with E-state index in [4.69, 9.17) is 18.6 Å². The molecule has 1 atom stereocenters. The van der Waals surface area contributed by atoms with Crippen LogP contribution in [0.1, 0.15) is 11.3 Å². The summed E-state index contributed by atoms with van der Waals surface area (Å²) in [6, 6.07) is 9.60. The van der Waals surface area contributed by atoms with Crippen LogP contribution in [0.2, 0.25) is 0 Å². The lowest BCUT2D eigenvalue weighted by molar-refractivity contribution is 0.00767. The van der Waals surface area contributed by atoms with Crippen LogP contribution in [0.5, 0.6) is 11.5 Å². The van der Waals surface area contributed by atoms with Crippen LogP contribution in [0.25, 0.3) is 0 Å². The average molecular weight is 333 g/mol. The third-order valence-electron chi connectivity index (χ3n) is 3.72. The molecule has 0 fully saturated rings. The van der Waals surface area contributed by atoms with Crippen LogP contribution >= 0.6 is 0 Å². The molecule has 0 aliphatic carbocycles. The van der Waals surface area contributed by atoms with Gasteiger partial charge in [0.15, 0.2) is 11.5 Å². The van der Waals surface area contributed by atoms with Crippen LogP contribution in [0.15, 0.2) is 41.0 Å². The monoisotopic (exact) mass is 333 g/mol. The molecule has 2 heterocycles. The number of likely N-dealkylation sites (N-methyl/N-ethyl adjacent to an activating group) is 1. The number of hydrogen-bond donors (Lipinski definition) is 1. The molecular formula is C18H23NO5. The number of nitrogens with zero attached hydrogens (tertiary/aromatic N) is 1. The number of hydrogen-bond acceptors (Lipinski definition) is 6. The van der Waals surface area contributed by atoms with Gasteiger partial charge in [-0.25, -0.2) is 0 Å². The molecule has 2 aromatic rings. The standard InChI is InChI=1S/C18H23NO5/c1-19(11-15(20)12-21-13-16-3-2-6-22-16)10-14-4-5-17-18(9-14)24-8-7-23-17/h2-6,9,15,20H,7-8,10-13H2,1H3. The minimum Gasteiger partial charge on any atom is -0.486 e. The van der Waals surface area contributed by atoms with Gasteiger partial charge in [-0.1, -0.05) is 6.07 Å². The molecule has 0 spiro atoms. The molecule has 0 saturated carbocycles. The quantitative estimate of drug-likeness (QED) is 0.798. The van der Waals surface area contributed by atoms with Gasteiger partial charge in [0.05, 0.1) is 19.0 Å². The summed E-state index contributed by atoms with van der Waals surface area (Å²) in [4.78, 5) is 2.05. The number of ether oxygens (including phenoxy) is 3. The maximum atomic E-state index is 10.1. The average Bonchev–Trinajstić information content (AvgIpc) is 3.08. The first-order valence-electron chi connectivity index (χ1n) is 8.06. The van der Waals surface area contributed by atoms with E-state index < -0.39 is 6.10 Å². The van der Waals surface area contributed by atoms with E-state index in [2.05, 4.69) is 0 Å². The van der Waals surface area contributed by atoms with E-state index in [9.17, 15) is 5.11 Å². The van der Waals surface area contributed by atoms with Crippen molar-refractivity contribution in [2.75, 3.05) is 33.4 Å². The molecule has 0 radical (unpaired) electrons. The highest BCUT2D eigenvalue weighted by Crippen LogP contribution is 2.31. The van der Waals surface area contributed by atoms with E-state index in [-0.39, 0.29) is 6.61 Å². The van der Waals surface area contributed by atoms with Gasteiger partial charge >= 0.3 is 0 Å². The van der Waals surface area contributed by atoms with Crippen LogP contribution in [0, 0.1) is 0 Å². The largest absolute Gasteiger partial charge is 0.486 e. The molecule has 6 heteroatoms. The maximum absolute atomic E-state index is 10.1. The van der Waals surface area contributed by atoms with E-state index in [0.29, 0.717) is 32.9 Å². The number of aliphatic hydroxyl groups excluding tert-OH is 1. The van der Waals surface area contributed by atoms with Crippen LogP contribution in [0.4, 0.5) is 0 Å². The van der Waals surface area contributed by atoms with Gasteiger partial charge < -0.3 is 23.7 Å². The Balaban J connectivity index is 1.42. The third-order valence-corrected chi connectivity index (χ3v) is 3.72. The molecule has 1 aromatic heterocycles. The molecule has 0 bridgehead atoms. The second-order valence-electron chi connectivity index (χ2n) is 5.92. The van der Waals surface area contributed by atoms with Crippen molar-refractivity contribution in [1.82, 2.24) is 4.90 Å². The molecule has 1 unspecified atom stereocenters. The molecule has 1 aliphatic heterocycles. The Labute approximate surface area is 141 Å². The van der Waals surface area contributed by atoms with Crippen molar-refractivity contribution in [2.24, 2.45) is 0 Å². The summed E-state index contributed by atoms with van der Waals surface area (Å²) >= 11 is 0. The fraction of sp³-hybridized carbons (Fsp3) is 0.444. The zero-order valence-corrected chi connectivity index (χ0v) is 13.8. The van der Waals surface area contributed by atoms with Crippen LogP contribution in [-0.4, -0.2) is 49.5 Å². The summed E-state index contributed by atoms with van der Waals surface area (Å²) in [5.74, 6) is 2.33. The highest BCUT2D eigenvalue weighted by molar-refractivity contribution is 5.43. The summed E-state index contributed by atoms with van der Waals surface area (Å²) < 4.78 is 21.8. The number of benzene rings is 1. The smallest absolute Gasteiger partial charge is 0.161 e. The Hall–Kier alpha value is -2.02. The van der Waals surface area contributed by atoms with Crippen LogP contribution in [0.3, 0.4) is 0 Å². The Bertz CT molecular complexity index is 628. The van der Waals surface area contributed by atoms with E-state index in [1.807, 2.05) is 42.3 Å². The van der Waals surface area contributed by atoms with E-state index >= 15 is 0 Å². The SMILES string of the molecule is CN(Cc1ccc2c(c1)OCCO2)CC(O)COCc1ccco1. The van der Waals surface area contributed by atoms with Gasteiger partial charge in [0.2, 0.25) is 0 Å². The number of aliphatic hydroxyl groups is 1. The predicted molar refractivity (Wildman–Crippen MR) is 88.1 cm³/mol. The van der Waals surface area contributed by atoms with Gasteiger partial charge in [-0.2, -0.15) is 0 Å². The van der Waals surface area contributed by atoms with E-state index in [1.165, 1.54) is 0 Å². The van der Waals surface area contributed by atoms with Crippen LogP contribution < -0.4 is 9.47 Å². The molecule has 1 aliphatic rings. The van der Waals surface area contributed by atoms with Crippen molar-refractivity contribution < 1.29 is 23.7 Å². The molecule has 24 heavy (non-hydrogen) atoms. The highest BCUT2D eigenvalue weighted by atomic mass is 16.6. The second kappa shape index (κ2) is 8.19. The number of furan rings is 1. The maximum Gasteiger partial charge on any atom is 0.161 e. The molecule has 1 N–H and O–H groups in total. The van der Waals surface area contributed by atoms with Gasteiger partial charge in [-0.05, 0) is 36.9 Å². The second-order valence-corrected chi connectivity index (χ2v) is 5.92. The molecule has 6 nitrogen and oxygen atoms in total. The summed E-state index contributed by atoms with van der Waals surface area (Å²) in [6.45, 7) is 3.05. The van der Waals surface area contributed by atoms with Crippen molar-refractivity contribution in [2.45, 2.75) is 19.3 Å². The Morgan fingerprint density at radius 2 is 2.04 bits per heavy atom. The van der Waals surface area contributed by atoms with E-state index in [1.54, 1.807) is 6.26 Å². The molecular weight excluding hydrogens is 310 g/mol. The first-order chi connectivity index (χ1) is 11.7. The fourth-order valence-electron chi connectivity index (χ4n) is 2.67. The van der Waals surface area contributed by atoms with Gasteiger partial charge in [0, 0.05) is 13.1 Å². The Morgan fingerprint density at radius 3 is 2.83 bits per heavy atom. The third kappa shape index (κ3) is 4.74. The first kappa shape index (κ1) is 16.8. The minimum absolute atomic E-state index is 0.270. The summed E-state index contributed by atoms with van der Waals surface area (Å²) in [7, 11) is 1.96. The van der Waals surface area contributed by atoms with Crippen molar-refractivity contribution in [1.29, 1.82) is 0 Å². The molecule has 3 rings (SSSR count). The molecule has 1 aromatic carbocycles. The summed E-state index contributed by atoms with van der Waals surface area (Å²) in [5, 5.41) is 10.1. The van der Waals surface area contributed by atoms with E-state index in [0.717, 1.165) is 22.8 Å². The van der Waals surface area contributed by atoms with Gasteiger partial charge in [-0.15, -0.1) is 0 Å². The molecule has 0 amide bonds. The lowest BCUT2D eigenvalue weighted by Gasteiger charge is -2.22. The lowest BCUT2D eigenvalue weighted by Crippen LogP contribution is -2.31. The fourth-order valence-corrected chi connectivity index (χ4v) is 2.67. The zero-order valence-electron chi connectivity index (χ0n) is 13.8.